The molecule has 1 aliphatic rings. The fraction of sp³-hybridized carbons (Fsp3) is 0.172. The average molecular weight is 514 g/mol. The summed E-state index contributed by atoms with van der Waals surface area (Å²) in [6, 6.07) is 27.7. The lowest BCUT2D eigenvalue weighted by Gasteiger charge is -2.24. The summed E-state index contributed by atoms with van der Waals surface area (Å²) in [6.07, 6.45) is 1.23. The molecule has 0 bridgehead atoms. The fourth-order valence-electron chi connectivity index (χ4n) is 4.71. The minimum atomic E-state index is -0.353. The van der Waals surface area contributed by atoms with Gasteiger partial charge in [-0.1, -0.05) is 64.5 Å². The van der Waals surface area contributed by atoms with Crippen molar-refractivity contribution in [2.75, 3.05) is 6.61 Å². The number of fused-ring (bicyclic) bond motifs is 1. The zero-order chi connectivity index (χ0) is 23.7. The van der Waals surface area contributed by atoms with E-state index in [2.05, 4.69) is 32.6 Å². The molecule has 0 unspecified atom stereocenters. The molecule has 5 rings (SSSR count). The molecular formula is C29H24BrNO3. The second-order valence-corrected chi connectivity index (χ2v) is 9.36. The van der Waals surface area contributed by atoms with Crippen molar-refractivity contribution < 1.29 is 14.3 Å². The van der Waals surface area contributed by atoms with Gasteiger partial charge in [0, 0.05) is 27.8 Å². The summed E-state index contributed by atoms with van der Waals surface area (Å²) in [6.45, 7) is 2.12. The Morgan fingerprint density at radius 1 is 0.971 bits per heavy atom. The molecule has 1 heterocycles. The van der Waals surface area contributed by atoms with Crippen LogP contribution in [0.15, 0.2) is 89.4 Å². The van der Waals surface area contributed by atoms with E-state index in [0.717, 1.165) is 39.1 Å². The van der Waals surface area contributed by atoms with E-state index in [1.807, 2.05) is 66.7 Å². The number of Topliss-reactive ketones (excluding diaryl/α,β-unsaturated/α-hetero) is 1. The average Bonchev–Trinajstić information content (AvgIpc) is 3.25. The smallest absolute Gasteiger partial charge is 0.338 e. The third-order valence-corrected chi connectivity index (χ3v) is 6.83. The zero-order valence-electron chi connectivity index (χ0n) is 18.8. The molecule has 0 spiro atoms. The molecule has 4 nitrogen and oxygen atoms in total. The van der Waals surface area contributed by atoms with Crippen LogP contribution in [0.3, 0.4) is 0 Å². The highest BCUT2D eigenvalue weighted by molar-refractivity contribution is 9.10. The van der Waals surface area contributed by atoms with Crippen molar-refractivity contribution in [3.05, 3.63) is 112 Å². The number of hydrogen-bond acceptors (Lipinski definition) is 3. The van der Waals surface area contributed by atoms with Gasteiger partial charge in [-0.15, -0.1) is 0 Å². The van der Waals surface area contributed by atoms with Crippen molar-refractivity contribution in [2.45, 2.75) is 25.7 Å². The normalized spacial score (nSPS) is 15.1. The molecule has 1 aliphatic carbocycles. The monoisotopic (exact) mass is 513 g/mol. The van der Waals surface area contributed by atoms with Gasteiger partial charge < -0.3 is 9.30 Å². The van der Waals surface area contributed by atoms with E-state index in [1.54, 1.807) is 13.0 Å². The van der Waals surface area contributed by atoms with Crippen molar-refractivity contribution >= 4 is 27.7 Å². The lowest BCUT2D eigenvalue weighted by Crippen LogP contribution is -2.20. The summed E-state index contributed by atoms with van der Waals surface area (Å²) in [5.41, 5.74) is 6.16. The topological polar surface area (TPSA) is 48.3 Å². The van der Waals surface area contributed by atoms with Crippen LogP contribution in [-0.4, -0.2) is 22.9 Å². The van der Waals surface area contributed by atoms with Crippen molar-refractivity contribution in [1.29, 1.82) is 0 Å². The number of nitrogens with zero attached hydrogens (tertiary/aromatic N) is 1. The van der Waals surface area contributed by atoms with E-state index in [1.165, 1.54) is 5.56 Å². The number of esters is 1. The van der Waals surface area contributed by atoms with Crippen LogP contribution in [0.25, 0.3) is 16.9 Å². The molecule has 0 aliphatic heterocycles. The Morgan fingerprint density at radius 2 is 1.74 bits per heavy atom. The fourth-order valence-corrected chi connectivity index (χ4v) is 4.97. The molecular weight excluding hydrogens is 490 g/mol. The number of aromatic nitrogens is 1. The Bertz CT molecular complexity index is 1360. The summed E-state index contributed by atoms with van der Waals surface area (Å²) in [7, 11) is 0. The summed E-state index contributed by atoms with van der Waals surface area (Å²) >= 11 is 3.51. The number of benzene rings is 3. The minimum absolute atomic E-state index is 0.112. The number of rotatable bonds is 5. The molecule has 0 saturated heterocycles. The molecule has 1 atom stereocenters. The van der Waals surface area contributed by atoms with E-state index >= 15 is 0 Å². The van der Waals surface area contributed by atoms with Crippen molar-refractivity contribution in [3.8, 4) is 16.9 Å². The van der Waals surface area contributed by atoms with E-state index in [0.29, 0.717) is 18.6 Å². The highest BCUT2D eigenvalue weighted by Crippen LogP contribution is 2.39. The molecule has 0 amide bonds. The molecule has 4 aromatic rings. The van der Waals surface area contributed by atoms with Crippen molar-refractivity contribution in [3.63, 3.8) is 0 Å². The Balaban J connectivity index is 1.68. The SMILES string of the molecule is CCOC(=O)c1cccc(-n2c(-c3ccc(Br)cc3)cc3c2C[C@H](c2ccccc2)CC3=O)c1. The first kappa shape index (κ1) is 22.4. The summed E-state index contributed by atoms with van der Waals surface area (Å²) < 4.78 is 8.35. The largest absolute Gasteiger partial charge is 0.462 e. The highest BCUT2D eigenvalue weighted by Gasteiger charge is 2.31. The lowest BCUT2D eigenvalue weighted by atomic mass is 9.82. The van der Waals surface area contributed by atoms with Gasteiger partial charge in [0.1, 0.15) is 0 Å². The Hall–Kier alpha value is -3.44. The van der Waals surface area contributed by atoms with Crippen molar-refractivity contribution in [1.82, 2.24) is 4.57 Å². The Labute approximate surface area is 207 Å². The Morgan fingerprint density at radius 3 is 2.47 bits per heavy atom. The molecule has 3 aromatic carbocycles. The van der Waals surface area contributed by atoms with Crippen molar-refractivity contribution in [2.24, 2.45) is 0 Å². The third kappa shape index (κ3) is 4.24. The van der Waals surface area contributed by atoms with Gasteiger partial charge in [-0.25, -0.2) is 4.79 Å². The van der Waals surface area contributed by atoms with Gasteiger partial charge in [0.05, 0.1) is 17.9 Å². The Kier molecular flexibility index (Phi) is 6.20. The van der Waals surface area contributed by atoms with E-state index in [4.69, 9.17) is 4.74 Å². The quantitative estimate of drug-likeness (QED) is 0.270. The molecule has 0 saturated carbocycles. The first-order chi connectivity index (χ1) is 16.5. The van der Waals surface area contributed by atoms with Crippen LogP contribution in [0, 0.1) is 0 Å². The van der Waals surface area contributed by atoms with Crippen LogP contribution >= 0.6 is 15.9 Å². The second-order valence-electron chi connectivity index (χ2n) is 8.44. The maximum Gasteiger partial charge on any atom is 0.338 e. The second kappa shape index (κ2) is 9.43. The van der Waals surface area contributed by atoms with Gasteiger partial charge in [0.2, 0.25) is 0 Å². The number of ether oxygens (including phenoxy) is 1. The summed E-state index contributed by atoms with van der Waals surface area (Å²) in [5.74, 6) is -0.0941. The predicted octanol–water partition coefficient (Wildman–Crippen LogP) is 7.00. The number of halogens is 1. The van der Waals surface area contributed by atoms with Gasteiger partial charge in [-0.05, 0) is 66.8 Å². The molecule has 34 heavy (non-hydrogen) atoms. The maximum absolute atomic E-state index is 13.3. The van der Waals surface area contributed by atoms with E-state index in [9.17, 15) is 9.59 Å². The molecule has 0 fully saturated rings. The standard InChI is InChI=1S/C29H24BrNO3/c1-2-34-29(33)21-9-6-10-24(15-21)31-26(20-11-13-23(30)14-12-20)18-25-27(31)16-22(17-28(25)32)19-7-4-3-5-8-19/h3-15,18,22H,2,16-17H2,1H3/t22-/m0/s1. The molecule has 0 N–H and O–H groups in total. The lowest BCUT2D eigenvalue weighted by molar-refractivity contribution is 0.0526. The molecule has 170 valence electrons. The van der Waals surface area contributed by atoms with Gasteiger partial charge in [-0.2, -0.15) is 0 Å². The van der Waals surface area contributed by atoms with Gasteiger partial charge in [0.15, 0.2) is 5.78 Å². The van der Waals surface area contributed by atoms with Crippen LogP contribution in [-0.2, 0) is 11.2 Å². The van der Waals surface area contributed by atoms with E-state index < -0.39 is 0 Å². The summed E-state index contributed by atoms with van der Waals surface area (Å²) in [4.78, 5) is 25.8. The predicted molar refractivity (Wildman–Crippen MR) is 137 cm³/mol. The number of hydrogen-bond donors (Lipinski definition) is 0. The van der Waals surface area contributed by atoms with Gasteiger partial charge in [-0.3, -0.25) is 4.79 Å². The molecule has 5 heteroatoms. The third-order valence-electron chi connectivity index (χ3n) is 6.30. The number of carbonyl (C=O) groups is 2. The molecule has 0 radical (unpaired) electrons. The first-order valence-corrected chi connectivity index (χ1v) is 12.2. The van der Waals surface area contributed by atoms with Crippen LogP contribution in [0.4, 0.5) is 0 Å². The highest BCUT2D eigenvalue weighted by atomic mass is 79.9. The minimum Gasteiger partial charge on any atom is -0.462 e. The summed E-state index contributed by atoms with van der Waals surface area (Å²) in [5, 5.41) is 0. The van der Waals surface area contributed by atoms with Crippen LogP contribution in [0.1, 0.15) is 51.2 Å². The van der Waals surface area contributed by atoms with Crippen LogP contribution < -0.4 is 0 Å². The number of ketones is 1. The van der Waals surface area contributed by atoms with Crippen LogP contribution in [0.5, 0.6) is 0 Å². The van der Waals surface area contributed by atoms with Crippen LogP contribution in [0.2, 0.25) is 0 Å². The van der Waals surface area contributed by atoms with E-state index in [-0.39, 0.29) is 17.7 Å². The first-order valence-electron chi connectivity index (χ1n) is 11.4. The van der Waals surface area contributed by atoms with Gasteiger partial charge in [0.25, 0.3) is 0 Å². The maximum atomic E-state index is 13.3. The molecule has 1 aromatic heterocycles. The van der Waals surface area contributed by atoms with Gasteiger partial charge >= 0.3 is 5.97 Å². The zero-order valence-corrected chi connectivity index (χ0v) is 20.4. The number of carbonyl (C=O) groups excluding carboxylic acids is 2.